The molecule has 122 valence electrons. The molecule has 0 N–H and O–H groups in total. The molecule has 0 aliphatic heterocycles. The van der Waals surface area contributed by atoms with Crippen LogP contribution in [0.2, 0.25) is 0 Å². The number of hydrogen-bond donors (Lipinski definition) is 0. The van der Waals surface area contributed by atoms with Crippen molar-refractivity contribution >= 4 is 11.8 Å². The van der Waals surface area contributed by atoms with Crippen LogP contribution in [0.15, 0.2) is 12.1 Å². The van der Waals surface area contributed by atoms with E-state index in [-0.39, 0.29) is 31.5 Å². The summed E-state index contributed by atoms with van der Waals surface area (Å²) in [6, 6.07) is 5.55. The van der Waals surface area contributed by atoms with Gasteiger partial charge in [-0.05, 0) is 24.5 Å². The van der Waals surface area contributed by atoms with Gasteiger partial charge in [-0.25, -0.2) is 0 Å². The average Bonchev–Trinajstić information content (AvgIpc) is 2.58. The summed E-state index contributed by atoms with van der Waals surface area (Å²) < 4.78 is 15.6. The van der Waals surface area contributed by atoms with E-state index in [1.54, 1.807) is 12.1 Å². The molecule has 6 nitrogen and oxygen atoms in total. The quantitative estimate of drug-likeness (QED) is 0.608. The Labute approximate surface area is 134 Å². The minimum atomic E-state index is -1.34. The largest absolute Gasteiger partial charge is 0.493 e. The Morgan fingerprint density at radius 3 is 2.61 bits per heavy atom. The number of nitrogens with zero attached hydrogens (tertiary/aromatic N) is 1. The zero-order valence-electron chi connectivity index (χ0n) is 13.5. The summed E-state index contributed by atoms with van der Waals surface area (Å²) in [6.07, 6.45) is 0.489. The zero-order chi connectivity index (χ0) is 17.0. The van der Waals surface area contributed by atoms with E-state index < -0.39 is 11.4 Å². The first kappa shape index (κ1) is 16.8. The predicted molar refractivity (Wildman–Crippen MR) is 81.3 cm³/mol. The van der Waals surface area contributed by atoms with E-state index in [1.807, 2.05) is 6.07 Å². The van der Waals surface area contributed by atoms with Crippen molar-refractivity contribution in [2.45, 2.75) is 25.7 Å². The van der Waals surface area contributed by atoms with Crippen molar-refractivity contribution in [3.05, 3.63) is 23.3 Å². The van der Waals surface area contributed by atoms with Gasteiger partial charge in [0.15, 0.2) is 17.3 Å². The number of carbonyl (C=O) groups is 2. The van der Waals surface area contributed by atoms with E-state index >= 15 is 0 Å². The molecule has 0 amide bonds. The molecule has 0 heterocycles. The van der Waals surface area contributed by atoms with E-state index in [4.69, 9.17) is 19.5 Å². The highest BCUT2D eigenvalue weighted by Crippen LogP contribution is 2.44. The summed E-state index contributed by atoms with van der Waals surface area (Å²) in [5.74, 6) is 0.231. The Bertz CT molecular complexity index is 676. The first-order valence-corrected chi connectivity index (χ1v) is 7.25. The lowest BCUT2D eigenvalue weighted by Crippen LogP contribution is -2.46. The number of carbonyl (C=O) groups excluding carboxylic acids is 2. The van der Waals surface area contributed by atoms with Crippen LogP contribution >= 0.6 is 0 Å². The van der Waals surface area contributed by atoms with Gasteiger partial charge in [-0.2, -0.15) is 5.26 Å². The molecule has 23 heavy (non-hydrogen) atoms. The number of ketones is 1. The molecule has 2 rings (SSSR count). The van der Waals surface area contributed by atoms with Crippen LogP contribution in [0.5, 0.6) is 11.5 Å². The van der Waals surface area contributed by atoms with Crippen LogP contribution in [-0.4, -0.2) is 33.1 Å². The molecule has 6 heteroatoms. The Hall–Kier alpha value is -2.55. The lowest BCUT2D eigenvalue weighted by atomic mass is 9.67. The third-order valence-corrected chi connectivity index (χ3v) is 4.35. The molecule has 1 aromatic rings. The van der Waals surface area contributed by atoms with Gasteiger partial charge in [0, 0.05) is 18.4 Å². The van der Waals surface area contributed by atoms with Gasteiger partial charge >= 0.3 is 5.97 Å². The maximum atomic E-state index is 12.7. The van der Waals surface area contributed by atoms with Gasteiger partial charge in [0.2, 0.25) is 0 Å². The van der Waals surface area contributed by atoms with Crippen LogP contribution in [0.25, 0.3) is 0 Å². The molecule has 0 saturated heterocycles. The highest BCUT2D eigenvalue weighted by atomic mass is 16.5. The van der Waals surface area contributed by atoms with Crippen molar-refractivity contribution in [1.82, 2.24) is 0 Å². The van der Waals surface area contributed by atoms with Crippen molar-refractivity contribution in [3.8, 4) is 17.6 Å². The fourth-order valence-electron chi connectivity index (χ4n) is 3.11. The second-order valence-electron chi connectivity index (χ2n) is 5.45. The van der Waals surface area contributed by atoms with Gasteiger partial charge in [-0.1, -0.05) is 6.07 Å². The monoisotopic (exact) mass is 317 g/mol. The number of ether oxygens (including phenoxy) is 3. The summed E-state index contributed by atoms with van der Waals surface area (Å²) in [5, 5.41) is 8.87. The number of benzene rings is 1. The molecule has 0 radical (unpaired) electrons. The molecule has 1 aromatic carbocycles. The summed E-state index contributed by atoms with van der Waals surface area (Å²) in [5.41, 5.74) is 0.232. The number of fused-ring (bicyclic) bond motifs is 1. The molecular weight excluding hydrogens is 298 g/mol. The summed E-state index contributed by atoms with van der Waals surface area (Å²) in [6.45, 7) is 0. The molecule has 1 unspecified atom stereocenters. The van der Waals surface area contributed by atoms with Gasteiger partial charge in [-0.3, -0.25) is 9.59 Å². The second kappa shape index (κ2) is 6.69. The molecule has 0 bridgehead atoms. The first-order chi connectivity index (χ1) is 11.0. The minimum Gasteiger partial charge on any atom is -0.493 e. The highest BCUT2D eigenvalue weighted by molar-refractivity contribution is 6.06. The van der Waals surface area contributed by atoms with Crippen LogP contribution in [0.3, 0.4) is 0 Å². The van der Waals surface area contributed by atoms with Gasteiger partial charge in [0.25, 0.3) is 0 Å². The molecule has 1 atom stereocenters. The first-order valence-electron chi connectivity index (χ1n) is 7.25. The van der Waals surface area contributed by atoms with Crippen molar-refractivity contribution in [2.24, 2.45) is 5.41 Å². The Morgan fingerprint density at radius 2 is 2.04 bits per heavy atom. The lowest BCUT2D eigenvalue weighted by molar-refractivity contribution is -0.159. The van der Waals surface area contributed by atoms with Crippen LogP contribution in [0.4, 0.5) is 0 Å². The van der Waals surface area contributed by atoms with E-state index in [0.717, 1.165) is 11.1 Å². The highest BCUT2D eigenvalue weighted by Gasteiger charge is 2.49. The van der Waals surface area contributed by atoms with Gasteiger partial charge in [-0.15, -0.1) is 0 Å². The molecule has 1 aliphatic carbocycles. The zero-order valence-corrected chi connectivity index (χ0v) is 13.5. The minimum absolute atomic E-state index is 0.0997. The SMILES string of the molecule is COC(=O)C1(CCC#N)Cc2c(ccc(OC)c2OC)CC1=O. The summed E-state index contributed by atoms with van der Waals surface area (Å²) in [7, 11) is 4.30. The fraction of sp³-hybridized carbons (Fsp3) is 0.471. The number of rotatable bonds is 5. The van der Waals surface area contributed by atoms with Crippen molar-refractivity contribution in [3.63, 3.8) is 0 Å². The Balaban J connectivity index is 2.57. The number of Topliss-reactive ketones (excluding diaryl/α,β-unsaturated/α-hetero) is 1. The molecule has 0 saturated carbocycles. The summed E-state index contributed by atoms with van der Waals surface area (Å²) in [4.78, 5) is 25.0. The molecular formula is C17H19NO5. The number of nitriles is 1. The van der Waals surface area contributed by atoms with Crippen molar-refractivity contribution in [2.75, 3.05) is 21.3 Å². The van der Waals surface area contributed by atoms with Gasteiger partial charge in [0.1, 0.15) is 5.41 Å². The Kier molecular flexibility index (Phi) is 4.89. The third kappa shape index (κ3) is 2.74. The van der Waals surface area contributed by atoms with E-state index in [1.165, 1.54) is 21.3 Å². The molecule has 0 aromatic heterocycles. The van der Waals surface area contributed by atoms with E-state index in [9.17, 15) is 9.59 Å². The maximum absolute atomic E-state index is 12.7. The van der Waals surface area contributed by atoms with Crippen molar-refractivity contribution in [1.29, 1.82) is 5.26 Å². The van der Waals surface area contributed by atoms with E-state index in [0.29, 0.717) is 11.5 Å². The number of esters is 1. The molecule has 1 aliphatic rings. The number of methoxy groups -OCH3 is 3. The fourth-order valence-corrected chi connectivity index (χ4v) is 3.11. The van der Waals surface area contributed by atoms with Crippen LogP contribution in [-0.2, 0) is 27.2 Å². The van der Waals surface area contributed by atoms with Crippen molar-refractivity contribution < 1.29 is 23.8 Å². The third-order valence-electron chi connectivity index (χ3n) is 4.35. The van der Waals surface area contributed by atoms with Gasteiger partial charge in [0.05, 0.1) is 27.4 Å². The van der Waals surface area contributed by atoms with Crippen LogP contribution in [0.1, 0.15) is 24.0 Å². The topological polar surface area (TPSA) is 85.6 Å². The van der Waals surface area contributed by atoms with E-state index in [2.05, 4.69) is 0 Å². The predicted octanol–water partition coefficient (Wildman–Crippen LogP) is 1.83. The normalized spacial score (nSPS) is 19.5. The smallest absolute Gasteiger partial charge is 0.319 e. The van der Waals surface area contributed by atoms with Crippen LogP contribution in [0, 0.1) is 16.7 Å². The Morgan fingerprint density at radius 1 is 1.30 bits per heavy atom. The number of hydrogen-bond acceptors (Lipinski definition) is 6. The maximum Gasteiger partial charge on any atom is 0.319 e. The average molecular weight is 317 g/mol. The second-order valence-corrected chi connectivity index (χ2v) is 5.45. The van der Waals surface area contributed by atoms with Crippen LogP contribution < -0.4 is 9.47 Å². The lowest BCUT2D eigenvalue weighted by Gasteiger charge is -2.34. The molecule has 0 spiro atoms. The summed E-state index contributed by atoms with van der Waals surface area (Å²) >= 11 is 0. The molecule has 0 fully saturated rings. The standard InChI is InChI=1S/C17H19NO5/c1-21-13-6-5-11-9-14(19)17(7-4-8-18,16(20)23-3)10-12(11)15(13)22-2/h5-6H,4,7,9-10H2,1-3H3. The van der Waals surface area contributed by atoms with Gasteiger partial charge < -0.3 is 14.2 Å².